The first-order valence-electron chi connectivity index (χ1n) is 9.33. The minimum Gasteiger partial charge on any atom is -0.382 e. The third kappa shape index (κ3) is 3.23. The Hall–Kier alpha value is -2.63. The average molecular weight is 351 g/mol. The van der Waals surface area contributed by atoms with Gasteiger partial charge in [-0.05, 0) is 51.0 Å². The minimum atomic E-state index is 0.125. The summed E-state index contributed by atoms with van der Waals surface area (Å²) in [5.74, 6) is 0.791. The summed E-state index contributed by atoms with van der Waals surface area (Å²) in [6.45, 7) is 2.09. The van der Waals surface area contributed by atoms with Crippen LogP contribution in [-0.2, 0) is 17.6 Å². The zero-order valence-corrected chi connectivity index (χ0v) is 15.1. The van der Waals surface area contributed by atoms with Crippen LogP contribution in [0.2, 0.25) is 0 Å². The summed E-state index contributed by atoms with van der Waals surface area (Å²) in [7, 11) is 0. The Kier molecular flexibility index (Phi) is 4.26. The van der Waals surface area contributed by atoms with Gasteiger partial charge in [-0.1, -0.05) is 29.8 Å². The van der Waals surface area contributed by atoms with Crippen LogP contribution in [0.5, 0.6) is 0 Å². The van der Waals surface area contributed by atoms with E-state index in [2.05, 4.69) is 41.2 Å². The maximum absolute atomic E-state index is 13.0. The first-order valence-corrected chi connectivity index (χ1v) is 9.33. The summed E-state index contributed by atoms with van der Waals surface area (Å²) < 4.78 is 0. The van der Waals surface area contributed by atoms with Crippen molar-refractivity contribution in [2.24, 2.45) is 5.92 Å². The van der Waals surface area contributed by atoms with Crippen LogP contribution in [0.1, 0.15) is 42.5 Å². The molecule has 1 aromatic carbocycles. The van der Waals surface area contributed by atoms with Crippen LogP contribution >= 0.6 is 0 Å². The SMILES string of the molecule is Cc1ccc(CCC2CCc3nc(N)nc(N)c3N2C(=O)C2CC2)cc1. The third-order valence-electron chi connectivity index (χ3n) is 5.37. The Bertz CT molecular complexity index is 829. The van der Waals surface area contributed by atoms with E-state index in [0.717, 1.165) is 44.2 Å². The number of nitrogens with zero attached hydrogens (tertiary/aromatic N) is 3. The lowest BCUT2D eigenvalue weighted by Gasteiger charge is -2.37. The smallest absolute Gasteiger partial charge is 0.230 e. The van der Waals surface area contributed by atoms with Gasteiger partial charge in [-0.15, -0.1) is 0 Å². The minimum absolute atomic E-state index is 0.125. The molecule has 0 radical (unpaired) electrons. The van der Waals surface area contributed by atoms with Crippen LogP contribution < -0.4 is 16.4 Å². The predicted octanol–water partition coefficient (Wildman–Crippen LogP) is 2.64. The molecular weight excluding hydrogens is 326 g/mol. The molecule has 26 heavy (non-hydrogen) atoms. The van der Waals surface area contributed by atoms with E-state index >= 15 is 0 Å². The molecule has 0 spiro atoms. The highest BCUT2D eigenvalue weighted by molar-refractivity contribution is 6.00. The number of rotatable bonds is 4. The zero-order valence-electron chi connectivity index (χ0n) is 15.1. The summed E-state index contributed by atoms with van der Waals surface area (Å²) in [6, 6.07) is 8.72. The Balaban J connectivity index is 1.61. The van der Waals surface area contributed by atoms with Gasteiger partial charge in [-0.2, -0.15) is 4.98 Å². The third-order valence-corrected chi connectivity index (χ3v) is 5.37. The van der Waals surface area contributed by atoms with Gasteiger partial charge in [0, 0.05) is 12.0 Å². The van der Waals surface area contributed by atoms with Crippen LogP contribution in [0.3, 0.4) is 0 Å². The Morgan fingerprint density at radius 2 is 1.88 bits per heavy atom. The number of nitrogens with two attached hydrogens (primary N) is 2. The molecule has 1 aliphatic carbocycles. The van der Waals surface area contributed by atoms with Gasteiger partial charge in [-0.3, -0.25) is 4.79 Å². The maximum Gasteiger partial charge on any atom is 0.230 e. The van der Waals surface area contributed by atoms with E-state index in [4.69, 9.17) is 11.5 Å². The van der Waals surface area contributed by atoms with E-state index < -0.39 is 0 Å². The molecule has 1 aliphatic heterocycles. The van der Waals surface area contributed by atoms with Gasteiger partial charge in [0.25, 0.3) is 0 Å². The monoisotopic (exact) mass is 351 g/mol. The molecule has 0 saturated heterocycles. The molecule has 4 rings (SSSR count). The molecular formula is C20H25N5O. The van der Waals surface area contributed by atoms with E-state index in [1.807, 2.05) is 4.90 Å². The molecule has 2 heterocycles. The van der Waals surface area contributed by atoms with Crippen LogP contribution in [0.4, 0.5) is 17.5 Å². The van der Waals surface area contributed by atoms with Crippen LogP contribution in [-0.4, -0.2) is 21.9 Å². The van der Waals surface area contributed by atoms with Crippen molar-refractivity contribution in [3.05, 3.63) is 41.1 Å². The number of aromatic nitrogens is 2. The largest absolute Gasteiger partial charge is 0.382 e. The topological polar surface area (TPSA) is 98.1 Å². The molecule has 1 unspecified atom stereocenters. The second-order valence-corrected chi connectivity index (χ2v) is 7.46. The molecule has 1 fully saturated rings. The van der Waals surface area contributed by atoms with E-state index in [-0.39, 0.29) is 23.8 Å². The number of carbonyl (C=O) groups excluding carboxylic acids is 1. The lowest BCUT2D eigenvalue weighted by atomic mass is 9.93. The number of fused-ring (bicyclic) bond motifs is 1. The van der Waals surface area contributed by atoms with Gasteiger partial charge in [0.15, 0.2) is 5.82 Å². The predicted molar refractivity (Wildman–Crippen MR) is 103 cm³/mol. The van der Waals surface area contributed by atoms with Crippen LogP contribution in [0, 0.1) is 12.8 Å². The highest BCUT2D eigenvalue weighted by Gasteiger charge is 2.41. The van der Waals surface area contributed by atoms with E-state index in [1.165, 1.54) is 11.1 Å². The molecule has 0 bridgehead atoms. The highest BCUT2D eigenvalue weighted by atomic mass is 16.2. The van der Waals surface area contributed by atoms with Crippen molar-refractivity contribution in [3.63, 3.8) is 0 Å². The summed E-state index contributed by atoms with van der Waals surface area (Å²) >= 11 is 0. The van der Waals surface area contributed by atoms with E-state index in [1.54, 1.807) is 0 Å². The van der Waals surface area contributed by atoms with Gasteiger partial charge < -0.3 is 16.4 Å². The molecule has 136 valence electrons. The molecule has 1 aromatic heterocycles. The number of benzene rings is 1. The van der Waals surface area contributed by atoms with Crippen molar-refractivity contribution >= 4 is 23.4 Å². The van der Waals surface area contributed by atoms with Gasteiger partial charge >= 0.3 is 0 Å². The number of nitrogen functional groups attached to an aromatic ring is 2. The second kappa shape index (κ2) is 6.59. The molecule has 6 heteroatoms. The summed E-state index contributed by atoms with van der Waals surface area (Å²) in [5.41, 5.74) is 15.9. The fraction of sp³-hybridized carbons (Fsp3) is 0.450. The molecule has 6 nitrogen and oxygen atoms in total. The molecule has 2 aromatic rings. The maximum atomic E-state index is 13.0. The Labute approximate surface area is 153 Å². The molecule has 1 atom stereocenters. The molecule has 1 saturated carbocycles. The number of carbonyl (C=O) groups is 1. The number of anilines is 3. The normalized spacial score (nSPS) is 19.3. The van der Waals surface area contributed by atoms with Gasteiger partial charge in [0.05, 0.1) is 5.69 Å². The van der Waals surface area contributed by atoms with Crippen molar-refractivity contribution in [1.29, 1.82) is 0 Å². The fourth-order valence-corrected chi connectivity index (χ4v) is 3.77. The zero-order chi connectivity index (χ0) is 18.3. The lowest BCUT2D eigenvalue weighted by molar-refractivity contribution is -0.120. The fourth-order valence-electron chi connectivity index (χ4n) is 3.77. The summed E-state index contributed by atoms with van der Waals surface area (Å²) in [6.07, 6.45) is 5.43. The van der Waals surface area contributed by atoms with Crippen molar-refractivity contribution in [2.45, 2.75) is 51.5 Å². The van der Waals surface area contributed by atoms with Crippen molar-refractivity contribution in [3.8, 4) is 0 Å². The van der Waals surface area contributed by atoms with E-state index in [0.29, 0.717) is 11.5 Å². The standard InChI is InChI=1S/C20H25N5O/c1-12-2-4-13(5-3-12)6-9-15-10-11-16-17(18(21)24-20(22)23-16)25(15)19(26)14-7-8-14/h2-5,14-15H,6-11H2,1H3,(H4,21,22,23,24). The quantitative estimate of drug-likeness (QED) is 0.882. The van der Waals surface area contributed by atoms with Crippen LogP contribution in [0.15, 0.2) is 24.3 Å². The van der Waals surface area contributed by atoms with Gasteiger partial charge in [0.1, 0.15) is 5.69 Å². The van der Waals surface area contributed by atoms with Crippen molar-refractivity contribution in [1.82, 2.24) is 9.97 Å². The van der Waals surface area contributed by atoms with Gasteiger partial charge in [-0.25, -0.2) is 4.98 Å². The first kappa shape index (κ1) is 16.8. The molecule has 4 N–H and O–H groups in total. The first-order chi connectivity index (χ1) is 12.5. The average Bonchev–Trinajstić information content (AvgIpc) is 3.45. The van der Waals surface area contributed by atoms with Gasteiger partial charge in [0.2, 0.25) is 11.9 Å². The van der Waals surface area contributed by atoms with Crippen molar-refractivity contribution in [2.75, 3.05) is 16.4 Å². The number of aryl methyl sites for hydroxylation is 3. The Morgan fingerprint density at radius 3 is 2.58 bits per heavy atom. The van der Waals surface area contributed by atoms with E-state index in [9.17, 15) is 4.79 Å². The number of hydrogen-bond donors (Lipinski definition) is 2. The highest BCUT2D eigenvalue weighted by Crippen LogP contribution is 2.40. The summed E-state index contributed by atoms with van der Waals surface area (Å²) in [4.78, 5) is 23.4. The Morgan fingerprint density at radius 1 is 1.15 bits per heavy atom. The van der Waals surface area contributed by atoms with Crippen LogP contribution in [0.25, 0.3) is 0 Å². The molecule has 1 amide bonds. The second-order valence-electron chi connectivity index (χ2n) is 7.46. The van der Waals surface area contributed by atoms with Crippen molar-refractivity contribution < 1.29 is 4.79 Å². The number of hydrogen-bond acceptors (Lipinski definition) is 5. The number of amides is 1. The summed E-state index contributed by atoms with van der Waals surface area (Å²) in [5, 5.41) is 0. The molecule has 2 aliphatic rings. The lowest BCUT2D eigenvalue weighted by Crippen LogP contribution is -2.45.